The normalized spacial score (nSPS) is 25.1. The van der Waals surface area contributed by atoms with Crippen molar-refractivity contribution < 1.29 is 18.6 Å². The Morgan fingerprint density at radius 2 is 1.95 bits per heavy atom. The second kappa shape index (κ2) is 4.06. The summed E-state index contributed by atoms with van der Waals surface area (Å²) in [6, 6.07) is 6.06. The van der Waals surface area contributed by atoms with Crippen molar-refractivity contribution in [2.45, 2.75) is 18.8 Å². The first-order chi connectivity index (χ1) is 9.16. The lowest BCUT2D eigenvalue weighted by Gasteiger charge is -2.23. The van der Waals surface area contributed by atoms with Gasteiger partial charge in [-0.15, -0.1) is 0 Å². The van der Waals surface area contributed by atoms with Gasteiger partial charge in [-0.05, 0) is 25.1 Å². The molecule has 0 aliphatic carbocycles. The largest absolute Gasteiger partial charge is 0.458 e. The molecule has 1 aromatic heterocycles. The lowest BCUT2D eigenvalue weighted by molar-refractivity contribution is -0.149. The highest BCUT2D eigenvalue weighted by molar-refractivity contribution is 9.10. The molecule has 4 nitrogen and oxygen atoms in total. The molecular formula is C14H13BrO4. The number of benzene rings is 1. The maximum Gasteiger partial charge on any atom is 0.195 e. The third-order valence-electron chi connectivity index (χ3n) is 3.58. The molecule has 1 unspecified atom stereocenters. The number of halogens is 1. The first-order valence-electron chi connectivity index (χ1n) is 6.29. The summed E-state index contributed by atoms with van der Waals surface area (Å²) in [4.78, 5) is 0. The van der Waals surface area contributed by atoms with Gasteiger partial charge in [-0.1, -0.05) is 15.9 Å². The van der Waals surface area contributed by atoms with E-state index in [4.69, 9.17) is 18.6 Å². The molecule has 2 aliphatic rings. The highest BCUT2D eigenvalue weighted by atomic mass is 79.9. The molecule has 2 aliphatic heterocycles. The smallest absolute Gasteiger partial charge is 0.195 e. The summed E-state index contributed by atoms with van der Waals surface area (Å²) in [7, 11) is 0. The quantitative estimate of drug-likeness (QED) is 0.793. The van der Waals surface area contributed by atoms with Gasteiger partial charge in [0.25, 0.3) is 0 Å². The van der Waals surface area contributed by atoms with Crippen molar-refractivity contribution in [2.24, 2.45) is 0 Å². The van der Waals surface area contributed by atoms with E-state index in [0.717, 1.165) is 33.4 Å². The van der Waals surface area contributed by atoms with Crippen LogP contribution in [0.5, 0.6) is 0 Å². The average molecular weight is 325 g/mol. The van der Waals surface area contributed by atoms with Crippen molar-refractivity contribution in [1.82, 2.24) is 0 Å². The van der Waals surface area contributed by atoms with E-state index in [1.807, 2.05) is 25.1 Å². The zero-order valence-corrected chi connectivity index (χ0v) is 12.0. The Labute approximate surface area is 118 Å². The number of epoxide rings is 1. The van der Waals surface area contributed by atoms with Gasteiger partial charge in [-0.3, -0.25) is 0 Å². The molecule has 0 saturated carbocycles. The van der Waals surface area contributed by atoms with Crippen molar-refractivity contribution >= 4 is 26.9 Å². The van der Waals surface area contributed by atoms with Crippen LogP contribution in [0.4, 0.5) is 0 Å². The van der Waals surface area contributed by atoms with Crippen LogP contribution in [-0.2, 0) is 20.0 Å². The first kappa shape index (κ1) is 11.9. The number of furan rings is 1. The molecule has 0 bridgehead atoms. The fraction of sp³-hybridized carbons (Fsp3) is 0.429. The molecule has 0 spiro atoms. The molecule has 19 heavy (non-hydrogen) atoms. The zero-order chi connectivity index (χ0) is 13.0. The molecule has 0 N–H and O–H groups in total. The van der Waals surface area contributed by atoms with E-state index in [1.165, 1.54) is 0 Å². The van der Waals surface area contributed by atoms with E-state index in [1.54, 1.807) is 0 Å². The molecule has 0 radical (unpaired) electrons. The van der Waals surface area contributed by atoms with Crippen LogP contribution in [0.15, 0.2) is 27.1 Å². The number of rotatable bonds is 2. The van der Waals surface area contributed by atoms with E-state index in [2.05, 4.69) is 15.9 Å². The Bertz CT molecular complexity index is 638. The van der Waals surface area contributed by atoms with Gasteiger partial charge in [-0.2, -0.15) is 0 Å². The Morgan fingerprint density at radius 3 is 2.63 bits per heavy atom. The predicted molar refractivity (Wildman–Crippen MR) is 71.9 cm³/mol. The molecule has 3 heterocycles. The van der Waals surface area contributed by atoms with Crippen molar-refractivity contribution in [2.75, 3.05) is 19.8 Å². The maximum absolute atomic E-state index is 5.95. The van der Waals surface area contributed by atoms with Crippen molar-refractivity contribution in [1.29, 1.82) is 0 Å². The van der Waals surface area contributed by atoms with Gasteiger partial charge in [0.2, 0.25) is 0 Å². The van der Waals surface area contributed by atoms with Gasteiger partial charge in [0.05, 0.1) is 25.4 Å². The monoisotopic (exact) mass is 324 g/mol. The standard InChI is InChI=1S/C14H13BrO4/c1-14(17-2-3-18-14)10-6-9(15)4-8-5-11(12-7-16-12)19-13(8)10/h4-6,12H,2-3,7H2,1H3. The maximum atomic E-state index is 5.95. The van der Waals surface area contributed by atoms with Crippen LogP contribution in [0.2, 0.25) is 0 Å². The average Bonchev–Trinajstić information content (AvgIpc) is 3.00. The van der Waals surface area contributed by atoms with Gasteiger partial charge >= 0.3 is 0 Å². The topological polar surface area (TPSA) is 44.1 Å². The minimum absolute atomic E-state index is 0.109. The zero-order valence-electron chi connectivity index (χ0n) is 10.4. The number of ether oxygens (including phenoxy) is 3. The van der Waals surface area contributed by atoms with Crippen LogP contribution in [0.1, 0.15) is 24.4 Å². The molecule has 100 valence electrons. The fourth-order valence-electron chi connectivity index (χ4n) is 2.51. The summed E-state index contributed by atoms with van der Waals surface area (Å²) < 4.78 is 23.7. The summed E-state index contributed by atoms with van der Waals surface area (Å²) in [6.07, 6.45) is 0.109. The van der Waals surface area contributed by atoms with E-state index in [-0.39, 0.29) is 6.10 Å². The van der Waals surface area contributed by atoms with Crippen molar-refractivity contribution in [3.05, 3.63) is 34.0 Å². The molecule has 2 saturated heterocycles. The van der Waals surface area contributed by atoms with Gasteiger partial charge in [0.15, 0.2) is 5.79 Å². The first-order valence-corrected chi connectivity index (χ1v) is 7.08. The van der Waals surface area contributed by atoms with Crippen LogP contribution in [0, 0.1) is 0 Å². The molecular weight excluding hydrogens is 312 g/mol. The summed E-state index contributed by atoms with van der Waals surface area (Å²) in [6.45, 7) is 3.87. The van der Waals surface area contributed by atoms with Crippen LogP contribution in [0.25, 0.3) is 11.0 Å². The molecule has 1 atom stereocenters. The number of hydrogen-bond donors (Lipinski definition) is 0. The lowest BCUT2D eigenvalue weighted by Crippen LogP contribution is -2.22. The van der Waals surface area contributed by atoms with Crippen LogP contribution < -0.4 is 0 Å². The highest BCUT2D eigenvalue weighted by Crippen LogP contribution is 2.41. The molecule has 2 fully saturated rings. The fourth-order valence-corrected chi connectivity index (χ4v) is 2.99. The van der Waals surface area contributed by atoms with E-state index >= 15 is 0 Å². The molecule has 4 rings (SSSR count). The number of fused-ring (bicyclic) bond motifs is 1. The summed E-state index contributed by atoms with van der Waals surface area (Å²) in [5, 5.41) is 1.04. The second-order valence-corrected chi connectivity index (χ2v) is 5.90. The van der Waals surface area contributed by atoms with E-state index in [9.17, 15) is 0 Å². The van der Waals surface area contributed by atoms with Gasteiger partial charge < -0.3 is 18.6 Å². The van der Waals surface area contributed by atoms with E-state index in [0.29, 0.717) is 13.2 Å². The number of hydrogen-bond acceptors (Lipinski definition) is 4. The van der Waals surface area contributed by atoms with Gasteiger partial charge in [0, 0.05) is 9.86 Å². The molecule has 5 heteroatoms. The Kier molecular flexibility index (Phi) is 2.54. The highest BCUT2D eigenvalue weighted by Gasteiger charge is 2.37. The van der Waals surface area contributed by atoms with Crippen molar-refractivity contribution in [3.8, 4) is 0 Å². The van der Waals surface area contributed by atoms with Crippen LogP contribution in [0.3, 0.4) is 0 Å². The third kappa shape index (κ3) is 1.92. The SMILES string of the molecule is CC1(c2cc(Br)cc3cc(C4CO4)oc23)OCCO1. The summed E-state index contributed by atoms with van der Waals surface area (Å²) in [5.74, 6) is 0.137. The summed E-state index contributed by atoms with van der Waals surface area (Å²) in [5.41, 5.74) is 1.74. The minimum Gasteiger partial charge on any atom is -0.458 e. The predicted octanol–water partition coefficient (Wildman–Crippen LogP) is 3.49. The Balaban J connectivity index is 1.92. The Morgan fingerprint density at radius 1 is 1.21 bits per heavy atom. The third-order valence-corrected chi connectivity index (χ3v) is 4.04. The van der Waals surface area contributed by atoms with Crippen LogP contribution in [-0.4, -0.2) is 19.8 Å². The van der Waals surface area contributed by atoms with Gasteiger partial charge in [-0.25, -0.2) is 0 Å². The van der Waals surface area contributed by atoms with Gasteiger partial charge in [0.1, 0.15) is 17.4 Å². The lowest BCUT2D eigenvalue weighted by atomic mass is 10.0. The van der Waals surface area contributed by atoms with E-state index < -0.39 is 5.79 Å². The molecule has 1 aromatic carbocycles. The Hall–Kier alpha value is -0.880. The van der Waals surface area contributed by atoms with Crippen LogP contribution >= 0.6 is 15.9 Å². The summed E-state index contributed by atoms with van der Waals surface area (Å²) >= 11 is 3.53. The second-order valence-electron chi connectivity index (χ2n) is 4.99. The minimum atomic E-state index is -0.735. The molecule has 2 aromatic rings. The molecule has 0 amide bonds. The van der Waals surface area contributed by atoms with Crippen molar-refractivity contribution in [3.63, 3.8) is 0 Å².